The second-order valence-electron chi connectivity index (χ2n) is 12.3. The first-order chi connectivity index (χ1) is 20.8. The quantitative estimate of drug-likeness (QED) is 0.361. The van der Waals surface area contributed by atoms with E-state index in [4.69, 9.17) is 4.74 Å². The molecule has 0 saturated carbocycles. The molecule has 43 heavy (non-hydrogen) atoms. The van der Waals surface area contributed by atoms with Crippen molar-refractivity contribution in [2.24, 2.45) is 5.92 Å². The Hall–Kier alpha value is -3.59. The van der Waals surface area contributed by atoms with Gasteiger partial charge in [0, 0.05) is 32.6 Å². The molecular weight excluding hydrogens is 544 g/mol. The van der Waals surface area contributed by atoms with E-state index in [-0.39, 0.29) is 23.8 Å². The van der Waals surface area contributed by atoms with Gasteiger partial charge in [0.1, 0.15) is 24.4 Å². The molecule has 2 atom stereocenters. The number of amides is 4. The average molecular weight is 593 g/mol. The molecule has 2 aliphatic heterocycles. The van der Waals surface area contributed by atoms with Crippen LogP contribution in [0.5, 0.6) is 5.75 Å². The molecule has 2 fully saturated rings. The normalized spacial score (nSPS) is 17.6. The van der Waals surface area contributed by atoms with Gasteiger partial charge in [0.25, 0.3) is 0 Å². The van der Waals surface area contributed by atoms with Gasteiger partial charge in [-0.1, -0.05) is 69.2 Å². The van der Waals surface area contributed by atoms with E-state index in [0.717, 1.165) is 42.6 Å². The molecule has 9 nitrogen and oxygen atoms in total. The van der Waals surface area contributed by atoms with Crippen LogP contribution in [0.2, 0.25) is 0 Å². The molecular formula is C34H48N4O5. The summed E-state index contributed by atoms with van der Waals surface area (Å²) in [4.78, 5) is 44.1. The largest absolute Gasteiger partial charge is 0.489 e. The second-order valence-corrected chi connectivity index (χ2v) is 12.3. The number of ether oxygens (including phenoxy) is 1. The molecule has 4 rings (SSSR count). The number of rotatable bonds is 11. The third-order valence-corrected chi connectivity index (χ3v) is 8.22. The number of hydrogen-bond acceptors (Lipinski definition) is 5. The van der Waals surface area contributed by atoms with Crippen LogP contribution in [0, 0.1) is 5.92 Å². The van der Waals surface area contributed by atoms with Crippen molar-refractivity contribution < 1.29 is 24.2 Å². The standard InChI is InChI=1S/C34H48N4O5/c1-25(2)22-30(36-34(42)38-18-8-3-4-9-19-38)32(40)35-31(33(41)37-20-16-28(39)17-21-37)23-26-12-14-29(15-13-26)43-24-27-10-6-5-7-11-27/h5-7,10-15,25,28,30-31,39H,3-4,8-9,16-24H2,1-2H3,(H,35,40)(H,36,42)/t30-,31-/m0/s1. The maximum Gasteiger partial charge on any atom is 0.318 e. The van der Waals surface area contributed by atoms with Crippen molar-refractivity contribution in [2.75, 3.05) is 26.2 Å². The van der Waals surface area contributed by atoms with Crippen LogP contribution in [0.1, 0.15) is 69.9 Å². The van der Waals surface area contributed by atoms with Crippen molar-refractivity contribution in [3.05, 3.63) is 65.7 Å². The number of benzene rings is 2. The number of likely N-dealkylation sites (tertiary alicyclic amines) is 2. The summed E-state index contributed by atoms with van der Waals surface area (Å²) in [5.41, 5.74) is 1.96. The highest BCUT2D eigenvalue weighted by Crippen LogP contribution is 2.18. The highest BCUT2D eigenvalue weighted by molar-refractivity contribution is 5.92. The van der Waals surface area contributed by atoms with Crippen molar-refractivity contribution in [2.45, 2.75) is 90.0 Å². The molecule has 0 bridgehead atoms. The molecule has 4 amide bonds. The average Bonchev–Trinajstić information content (AvgIpc) is 3.30. The molecule has 0 aromatic heterocycles. The number of aliphatic hydroxyl groups is 1. The Kier molecular flexibility index (Phi) is 12.3. The lowest BCUT2D eigenvalue weighted by Crippen LogP contribution is -2.57. The fraction of sp³-hybridized carbons (Fsp3) is 0.559. The van der Waals surface area contributed by atoms with Gasteiger partial charge in [0.05, 0.1) is 6.10 Å². The number of nitrogens with zero attached hydrogens (tertiary/aromatic N) is 2. The van der Waals surface area contributed by atoms with E-state index in [1.165, 1.54) is 0 Å². The predicted octanol–water partition coefficient (Wildman–Crippen LogP) is 4.28. The summed E-state index contributed by atoms with van der Waals surface area (Å²) in [6.45, 7) is 6.75. The monoisotopic (exact) mass is 592 g/mol. The summed E-state index contributed by atoms with van der Waals surface area (Å²) in [5, 5.41) is 16.0. The minimum Gasteiger partial charge on any atom is -0.489 e. The van der Waals surface area contributed by atoms with Crippen LogP contribution in [0.3, 0.4) is 0 Å². The molecule has 234 valence electrons. The van der Waals surface area contributed by atoms with E-state index in [2.05, 4.69) is 10.6 Å². The molecule has 2 saturated heterocycles. The number of hydrogen-bond donors (Lipinski definition) is 3. The second kappa shape index (κ2) is 16.3. The highest BCUT2D eigenvalue weighted by atomic mass is 16.5. The van der Waals surface area contributed by atoms with Crippen LogP contribution in [0.4, 0.5) is 4.79 Å². The van der Waals surface area contributed by atoms with E-state index in [1.807, 2.05) is 68.4 Å². The predicted molar refractivity (Wildman–Crippen MR) is 166 cm³/mol. The molecule has 0 aliphatic carbocycles. The van der Waals surface area contributed by atoms with Crippen molar-refractivity contribution >= 4 is 17.8 Å². The number of urea groups is 1. The van der Waals surface area contributed by atoms with E-state index in [0.29, 0.717) is 58.5 Å². The third-order valence-electron chi connectivity index (χ3n) is 8.22. The number of carbonyl (C=O) groups is 3. The molecule has 2 aliphatic rings. The summed E-state index contributed by atoms with van der Waals surface area (Å²) >= 11 is 0. The van der Waals surface area contributed by atoms with E-state index in [1.54, 1.807) is 9.80 Å². The van der Waals surface area contributed by atoms with E-state index in [9.17, 15) is 19.5 Å². The van der Waals surface area contributed by atoms with Gasteiger partial charge >= 0.3 is 6.03 Å². The minimum atomic E-state index is -0.802. The Balaban J connectivity index is 1.45. The molecule has 9 heteroatoms. The molecule has 2 aromatic carbocycles. The lowest BCUT2D eigenvalue weighted by Gasteiger charge is -2.33. The summed E-state index contributed by atoms with van der Waals surface area (Å²) in [7, 11) is 0. The minimum absolute atomic E-state index is 0.168. The van der Waals surface area contributed by atoms with E-state index < -0.39 is 18.2 Å². The Morgan fingerprint density at radius 2 is 1.47 bits per heavy atom. The number of carbonyl (C=O) groups excluding carboxylic acids is 3. The number of aliphatic hydroxyl groups excluding tert-OH is 1. The fourth-order valence-electron chi connectivity index (χ4n) is 5.69. The number of piperidine rings is 1. The summed E-state index contributed by atoms with van der Waals surface area (Å²) < 4.78 is 5.92. The van der Waals surface area contributed by atoms with Crippen molar-refractivity contribution in [3.8, 4) is 5.75 Å². The van der Waals surface area contributed by atoms with Crippen LogP contribution >= 0.6 is 0 Å². The van der Waals surface area contributed by atoms with E-state index >= 15 is 0 Å². The Labute approximate surface area is 256 Å². The first-order valence-electron chi connectivity index (χ1n) is 15.9. The summed E-state index contributed by atoms with van der Waals surface area (Å²) in [6.07, 6.45) is 5.53. The topological polar surface area (TPSA) is 111 Å². The Bertz CT molecular complexity index is 1160. The summed E-state index contributed by atoms with van der Waals surface area (Å²) in [5.74, 6) is 0.362. The summed E-state index contributed by atoms with van der Waals surface area (Å²) in [6, 6.07) is 15.8. The van der Waals surface area contributed by atoms with Gasteiger partial charge in [-0.25, -0.2) is 4.79 Å². The van der Waals surface area contributed by atoms with Crippen LogP contribution in [0.15, 0.2) is 54.6 Å². The molecule has 0 unspecified atom stereocenters. The van der Waals surface area contributed by atoms with Crippen LogP contribution in [-0.4, -0.2) is 77.1 Å². The van der Waals surface area contributed by atoms with Crippen LogP contribution < -0.4 is 15.4 Å². The lowest BCUT2D eigenvalue weighted by molar-refractivity contribution is -0.138. The third kappa shape index (κ3) is 10.3. The van der Waals surface area contributed by atoms with Gasteiger partial charge in [-0.3, -0.25) is 9.59 Å². The number of nitrogens with one attached hydrogen (secondary N) is 2. The molecule has 3 N–H and O–H groups in total. The van der Waals surface area contributed by atoms with Gasteiger partial charge in [0.2, 0.25) is 11.8 Å². The molecule has 0 spiro atoms. The van der Waals surface area contributed by atoms with Crippen molar-refractivity contribution in [3.63, 3.8) is 0 Å². The molecule has 2 heterocycles. The van der Waals surface area contributed by atoms with Crippen molar-refractivity contribution in [1.82, 2.24) is 20.4 Å². The maximum absolute atomic E-state index is 13.7. The zero-order chi connectivity index (χ0) is 30.6. The maximum atomic E-state index is 13.7. The zero-order valence-corrected chi connectivity index (χ0v) is 25.7. The van der Waals surface area contributed by atoms with Gasteiger partial charge in [-0.05, 0) is 61.3 Å². The first-order valence-corrected chi connectivity index (χ1v) is 15.9. The van der Waals surface area contributed by atoms with Crippen LogP contribution in [0.25, 0.3) is 0 Å². The molecule has 0 radical (unpaired) electrons. The highest BCUT2D eigenvalue weighted by Gasteiger charge is 2.32. The molecule has 2 aromatic rings. The van der Waals surface area contributed by atoms with Gasteiger partial charge < -0.3 is 30.3 Å². The fourth-order valence-corrected chi connectivity index (χ4v) is 5.69. The zero-order valence-electron chi connectivity index (χ0n) is 25.7. The SMILES string of the molecule is CC(C)C[C@H](NC(=O)N1CCCCCC1)C(=O)N[C@@H](Cc1ccc(OCc2ccccc2)cc1)C(=O)N1CCC(O)CC1. The van der Waals surface area contributed by atoms with Crippen molar-refractivity contribution in [1.29, 1.82) is 0 Å². The Morgan fingerprint density at radius 3 is 2.09 bits per heavy atom. The first kappa shape index (κ1) is 32.3. The van der Waals surface area contributed by atoms with Gasteiger partial charge in [-0.2, -0.15) is 0 Å². The van der Waals surface area contributed by atoms with Gasteiger partial charge in [0.15, 0.2) is 0 Å². The lowest BCUT2D eigenvalue weighted by atomic mass is 10.00. The smallest absolute Gasteiger partial charge is 0.318 e. The Morgan fingerprint density at radius 1 is 0.814 bits per heavy atom. The van der Waals surface area contributed by atoms with Crippen LogP contribution in [-0.2, 0) is 22.6 Å². The van der Waals surface area contributed by atoms with Gasteiger partial charge in [-0.15, -0.1) is 0 Å².